The summed E-state index contributed by atoms with van der Waals surface area (Å²) in [5.41, 5.74) is 14.3. The highest BCUT2D eigenvalue weighted by molar-refractivity contribution is 5.81. The highest BCUT2D eigenvalue weighted by Crippen LogP contribution is 2.20. The lowest BCUT2D eigenvalue weighted by atomic mass is 10.1. The minimum absolute atomic E-state index is 0.0511. The molecule has 1 rings (SSSR count). The van der Waals surface area contributed by atoms with Crippen LogP contribution in [0.5, 0.6) is 5.75 Å². The molecule has 0 saturated heterocycles. The van der Waals surface area contributed by atoms with Crippen LogP contribution in [0.25, 0.3) is 10.4 Å². The normalized spacial score (nSPS) is 11.8. The van der Waals surface area contributed by atoms with Gasteiger partial charge in [0.25, 0.3) is 0 Å². The summed E-state index contributed by atoms with van der Waals surface area (Å²) in [4.78, 5) is 14.2. The van der Waals surface area contributed by atoms with E-state index in [0.717, 1.165) is 5.56 Å². The van der Waals surface area contributed by atoms with Gasteiger partial charge in [0.2, 0.25) is 5.91 Å². The monoisotopic (exact) mass is 277 g/mol. The number of benzene rings is 1. The number of rotatable bonds is 8. The van der Waals surface area contributed by atoms with Gasteiger partial charge in [-0.2, -0.15) is 0 Å². The molecule has 1 atom stereocenters. The van der Waals surface area contributed by atoms with Crippen molar-refractivity contribution in [3.63, 3.8) is 0 Å². The number of nitrogens with zero attached hydrogens (tertiary/aromatic N) is 3. The molecule has 0 saturated carbocycles. The van der Waals surface area contributed by atoms with Crippen LogP contribution in [0.2, 0.25) is 0 Å². The third-order valence-corrected chi connectivity index (χ3v) is 2.47. The lowest BCUT2D eigenvalue weighted by molar-refractivity contribution is -0.120. The van der Waals surface area contributed by atoms with Gasteiger partial charge in [0.05, 0.1) is 6.10 Å². The van der Waals surface area contributed by atoms with Crippen molar-refractivity contribution in [3.8, 4) is 5.75 Å². The van der Waals surface area contributed by atoms with E-state index in [1.54, 1.807) is 18.2 Å². The van der Waals surface area contributed by atoms with Crippen molar-refractivity contribution in [3.05, 3.63) is 40.3 Å². The number of nitrogens with two attached hydrogens (primary N) is 1. The quantitative estimate of drug-likeness (QED) is 0.327. The molecule has 3 N–H and O–H groups in total. The standard InChI is InChI=1S/C13H19N5O2/c1-9(2)20-11-5-3-4-10(8-11)12(13(14)19)16-6-7-17-18-15/h3-5,8-9,12,16H,6-7H2,1-2H3,(H2,14,19). The molecule has 1 unspecified atom stereocenters. The van der Waals surface area contributed by atoms with Crippen LogP contribution >= 0.6 is 0 Å². The largest absolute Gasteiger partial charge is 0.491 e. The molecule has 0 aliphatic rings. The van der Waals surface area contributed by atoms with Crippen molar-refractivity contribution < 1.29 is 9.53 Å². The zero-order chi connectivity index (χ0) is 15.0. The Hall–Kier alpha value is -2.24. The third kappa shape index (κ3) is 5.17. The number of amides is 1. The molecule has 0 aliphatic carbocycles. The minimum Gasteiger partial charge on any atom is -0.491 e. The molecule has 1 aromatic rings. The maximum atomic E-state index is 11.5. The zero-order valence-corrected chi connectivity index (χ0v) is 11.6. The minimum atomic E-state index is -0.639. The second kappa shape index (κ2) is 8.04. The van der Waals surface area contributed by atoms with E-state index in [9.17, 15) is 4.79 Å². The number of primary amides is 1. The van der Waals surface area contributed by atoms with Gasteiger partial charge in [-0.3, -0.25) is 4.79 Å². The summed E-state index contributed by atoms with van der Waals surface area (Å²) in [6.45, 7) is 4.47. The van der Waals surface area contributed by atoms with E-state index in [0.29, 0.717) is 12.3 Å². The van der Waals surface area contributed by atoms with Gasteiger partial charge in [-0.25, -0.2) is 0 Å². The lowest BCUT2D eigenvalue weighted by Gasteiger charge is -2.17. The highest BCUT2D eigenvalue weighted by atomic mass is 16.5. The molecule has 7 nitrogen and oxygen atoms in total. The highest BCUT2D eigenvalue weighted by Gasteiger charge is 2.17. The molecule has 0 fully saturated rings. The van der Waals surface area contributed by atoms with Crippen molar-refractivity contribution in [1.29, 1.82) is 0 Å². The van der Waals surface area contributed by atoms with Crippen molar-refractivity contribution >= 4 is 5.91 Å². The molecule has 108 valence electrons. The number of ether oxygens (including phenoxy) is 1. The van der Waals surface area contributed by atoms with Crippen LogP contribution in [-0.4, -0.2) is 25.1 Å². The summed E-state index contributed by atoms with van der Waals surface area (Å²) in [7, 11) is 0. The van der Waals surface area contributed by atoms with Crippen molar-refractivity contribution in [2.45, 2.75) is 26.0 Å². The predicted molar refractivity (Wildman–Crippen MR) is 76.2 cm³/mol. The molecular weight excluding hydrogens is 258 g/mol. The first-order chi connectivity index (χ1) is 9.54. The van der Waals surface area contributed by atoms with Crippen molar-refractivity contribution in [2.75, 3.05) is 13.1 Å². The topological polar surface area (TPSA) is 113 Å². The van der Waals surface area contributed by atoms with E-state index in [-0.39, 0.29) is 12.6 Å². The molecule has 1 aromatic carbocycles. The van der Waals surface area contributed by atoms with Crippen molar-refractivity contribution in [2.24, 2.45) is 10.8 Å². The predicted octanol–water partition coefficient (Wildman–Crippen LogP) is 1.90. The number of hydrogen-bond acceptors (Lipinski definition) is 4. The summed E-state index contributed by atoms with van der Waals surface area (Å²) < 4.78 is 5.58. The van der Waals surface area contributed by atoms with Crippen LogP contribution in [0, 0.1) is 0 Å². The molecular formula is C13H19N5O2. The molecule has 7 heteroatoms. The average Bonchev–Trinajstić information content (AvgIpc) is 2.37. The Morgan fingerprint density at radius 3 is 2.90 bits per heavy atom. The Balaban J connectivity index is 2.80. The van der Waals surface area contributed by atoms with Gasteiger partial charge in [-0.1, -0.05) is 17.2 Å². The van der Waals surface area contributed by atoms with Gasteiger partial charge in [0, 0.05) is 18.0 Å². The number of carbonyl (C=O) groups is 1. The van der Waals surface area contributed by atoms with Crippen LogP contribution in [0.15, 0.2) is 29.4 Å². The Morgan fingerprint density at radius 1 is 1.55 bits per heavy atom. The van der Waals surface area contributed by atoms with E-state index in [2.05, 4.69) is 15.3 Å². The first-order valence-electron chi connectivity index (χ1n) is 6.34. The molecule has 0 spiro atoms. The molecule has 1 amide bonds. The fraction of sp³-hybridized carbons (Fsp3) is 0.462. The summed E-state index contributed by atoms with van der Waals surface area (Å²) in [6, 6.07) is 6.55. The Labute approximate surface area is 117 Å². The second-order valence-corrected chi connectivity index (χ2v) is 4.48. The van der Waals surface area contributed by atoms with E-state index in [1.807, 2.05) is 19.9 Å². The molecule has 20 heavy (non-hydrogen) atoms. The van der Waals surface area contributed by atoms with E-state index in [4.69, 9.17) is 16.0 Å². The fourth-order valence-corrected chi connectivity index (χ4v) is 1.73. The van der Waals surface area contributed by atoms with Crippen molar-refractivity contribution in [1.82, 2.24) is 5.32 Å². The Morgan fingerprint density at radius 2 is 2.30 bits per heavy atom. The molecule has 0 aromatic heterocycles. The third-order valence-electron chi connectivity index (χ3n) is 2.47. The van der Waals surface area contributed by atoms with Gasteiger partial charge in [0.15, 0.2) is 0 Å². The van der Waals surface area contributed by atoms with Gasteiger partial charge >= 0.3 is 0 Å². The summed E-state index contributed by atoms with van der Waals surface area (Å²) in [6.07, 6.45) is 0.0511. The fourth-order valence-electron chi connectivity index (χ4n) is 1.73. The maximum absolute atomic E-state index is 11.5. The van der Waals surface area contributed by atoms with Gasteiger partial charge in [-0.15, -0.1) is 0 Å². The molecule has 0 aliphatic heterocycles. The van der Waals surface area contributed by atoms with Gasteiger partial charge < -0.3 is 15.8 Å². The summed E-state index contributed by atoms with van der Waals surface area (Å²) in [5, 5.41) is 6.35. The molecule has 0 heterocycles. The first kappa shape index (κ1) is 15.8. The number of hydrogen-bond donors (Lipinski definition) is 2. The van der Waals surface area contributed by atoms with E-state index < -0.39 is 11.9 Å². The Kier molecular flexibility index (Phi) is 6.36. The van der Waals surface area contributed by atoms with Gasteiger partial charge in [-0.05, 0) is 37.1 Å². The number of carbonyl (C=O) groups excluding carboxylic acids is 1. The van der Waals surface area contributed by atoms with Gasteiger partial charge in [0.1, 0.15) is 11.8 Å². The van der Waals surface area contributed by atoms with Crippen LogP contribution in [0.3, 0.4) is 0 Å². The first-order valence-corrected chi connectivity index (χ1v) is 6.34. The van der Waals surface area contributed by atoms with E-state index >= 15 is 0 Å². The van der Waals surface area contributed by atoms with E-state index in [1.165, 1.54) is 0 Å². The second-order valence-electron chi connectivity index (χ2n) is 4.48. The number of nitrogens with one attached hydrogen (secondary N) is 1. The van der Waals surface area contributed by atoms with Crippen LogP contribution in [0.1, 0.15) is 25.5 Å². The maximum Gasteiger partial charge on any atom is 0.239 e. The average molecular weight is 277 g/mol. The zero-order valence-electron chi connectivity index (χ0n) is 11.6. The summed E-state index contributed by atoms with van der Waals surface area (Å²) >= 11 is 0. The van der Waals surface area contributed by atoms with Crippen LogP contribution < -0.4 is 15.8 Å². The smallest absolute Gasteiger partial charge is 0.239 e. The molecule has 0 radical (unpaired) electrons. The van der Waals surface area contributed by atoms with Crippen LogP contribution in [-0.2, 0) is 4.79 Å². The summed E-state index contributed by atoms with van der Waals surface area (Å²) in [5.74, 6) is 0.188. The molecule has 0 bridgehead atoms. The Bertz CT molecular complexity index is 497. The SMILES string of the molecule is CC(C)Oc1cccc(C(NCCN=[N+]=[N-])C(N)=O)c1. The number of azide groups is 1. The van der Waals surface area contributed by atoms with Crippen LogP contribution in [0.4, 0.5) is 0 Å². The lowest BCUT2D eigenvalue weighted by Crippen LogP contribution is -2.35.